The lowest BCUT2D eigenvalue weighted by Gasteiger charge is -2.20. The minimum absolute atomic E-state index is 0.0380. The minimum atomic E-state index is -3.50. The van der Waals surface area contributed by atoms with Gasteiger partial charge in [-0.25, -0.2) is 13.4 Å². The number of aromatic nitrogens is 1. The Hall–Kier alpha value is -2.22. The molecule has 2 heterocycles. The van der Waals surface area contributed by atoms with Crippen LogP contribution in [0.25, 0.3) is 0 Å². The van der Waals surface area contributed by atoms with Crippen LogP contribution in [0.3, 0.4) is 0 Å². The maximum atomic E-state index is 12.6. The minimum Gasteiger partial charge on any atom is -0.358 e. The molecule has 0 fully saturated rings. The van der Waals surface area contributed by atoms with Crippen LogP contribution in [0.1, 0.15) is 30.3 Å². The fraction of sp³-hybridized carbons (Fsp3) is 0.250. The van der Waals surface area contributed by atoms with E-state index < -0.39 is 10.0 Å². The number of sulfonamides is 1. The number of rotatable bonds is 8. The van der Waals surface area contributed by atoms with Crippen LogP contribution in [-0.4, -0.2) is 30.8 Å². The molecule has 0 aliphatic heterocycles. The Bertz CT molecular complexity index is 937. The number of nitrogens with one attached hydrogen (secondary N) is 1. The molecular weight excluding hydrogens is 378 g/mol. The van der Waals surface area contributed by atoms with Crippen LogP contribution in [-0.2, 0) is 10.0 Å². The van der Waals surface area contributed by atoms with Gasteiger partial charge in [0.1, 0.15) is 10.7 Å². The summed E-state index contributed by atoms with van der Waals surface area (Å²) in [5, 5.41) is 5.47. The second-order valence-corrected chi connectivity index (χ2v) is 8.89. The third-order valence-electron chi connectivity index (χ3n) is 4.33. The van der Waals surface area contributed by atoms with E-state index in [0.29, 0.717) is 18.9 Å². The summed E-state index contributed by atoms with van der Waals surface area (Å²) in [5.41, 5.74) is 1.13. The fourth-order valence-corrected chi connectivity index (χ4v) is 5.10. The average Bonchev–Trinajstić information content (AvgIpc) is 3.22. The molecule has 1 N–H and O–H groups in total. The summed E-state index contributed by atoms with van der Waals surface area (Å²) in [6, 6.07) is 17.5. The molecule has 142 valence electrons. The van der Waals surface area contributed by atoms with Gasteiger partial charge in [-0.2, -0.15) is 4.31 Å². The van der Waals surface area contributed by atoms with Crippen molar-refractivity contribution in [2.75, 3.05) is 18.4 Å². The molecule has 0 saturated carbocycles. The van der Waals surface area contributed by atoms with Crippen molar-refractivity contribution >= 4 is 27.2 Å². The zero-order valence-corrected chi connectivity index (χ0v) is 17.0. The molecule has 5 nitrogen and oxygen atoms in total. The first kappa shape index (κ1) is 19.5. The third-order valence-corrected chi connectivity index (χ3v) is 7.30. The normalized spacial score (nSPS) is 12.9. The molecule has 0 spiro atoms. The van der Waals surface area contributed by atoms with Gasteiger partial charge in [0.15, 0.2) is 0 Å². The highest BCUT2D eigenvalue weighted by molar-refractivity contribution is 7.89. The van der Waals surface area contributed by atoms with Gasteiger partial charge in [-0.3, -0.25) is 0 Å². The van der Waals surface area contributed by atoms with Crippen LogP contribution in [0.2, 0.25) is 0 Å². The molecule has 0 bridgehead atoms. The van der Waals surface area contributed by atoms with Crippen molar-refractivity contribution in [3.8, 4) is 0 Å². The standard InChI is InChI=1S/C20H23N3O2S2/c1-3-23(4-2)27(24,25)17-12-13-19(21-15-17)22-20(18-11-8-14-26-18)16-9-6-5-7-10-16/h5-15,20H,3-4H2,1-2H3,(H,21,22)/t20-/m1/s1. The van der Waals surface area contributed by atoms with Crippen LogP contribution in [0.5, 0.6) is 0 Å². The van der Waals surface area contributed by atoms with Gasteiger partial charge in [-0.05, 0) is 29.1 Å². The Kier molecular flexibility index (Phi) is 6.26. The van der Waals surface area contributed by atoms with Crippen LogP contribution >= 0.6 is 11.3 Å². The van der Waals surface area contributed by atoms with Crippen molar-refractivity contribution in [3.05, 3.63) is 76.6 Å². The summed E-state index contributed by atoms with van der Waals surface area (Å²) in [5.74, 6) is 0.635. The molecule has 2 aromatic heterocycles. The molecule has 1 atom stereocenters. The maximum absolute atomic E-state index is 12.6. The topological polar surface area (TPSA) is 62.3 Å². The number of hydrogen-bond acceptors (Lipinski definition) is 5. The molecular formula is C20H23N3O2S2. The number of hydrogen-bond donors (Lipinski definition) is 1. The molecule has 7 heteroatoms. The first-order valence-corrected chi connectivity index (χ1v) is 11.2. The molecule has 27 heavy (non-hydrogen) atoms. The lowest BCUT2D eigenvalue weighted by Crippen LogP contribution is -2.30. The molecule has 0 radical (unpaired) electrons. The summed E-state index contributed by atoms with van der Waals surface area (Å²) in [6.07, 6.45) is 1.42. The Labute approximate surface area is 164 Å². The first-order chi connectivity index (χ1) is 13.1. The van der Waals surface area contributed by atoms with Gasteiger partial charge in [0.25, 0.3) is 0 Å². The number of pyridine rings is 1. The van der Waals surface area contributed by atoms with Crippen LogP contribution in [0, 0.1) is 0 Å². The van der Waals surface area contributed by atoms with E-state index in [4.69, 9.17) is 0 Å². The summed E-state index contributed by atoms with van der Waals surface area (Å²) in [6.45, 7) is 4.53. The van der Waals surface area contributed by atoms with Gasteiger partial charge < -0.3 is 5.32 Å². The maximum Gasteiger partial charge on any atom is 0.244 e. The summed E-state index contributed by atoms with van der Waals surface area (Å²) in [4.78, 5) is 5.74. The highest BCUT2D eigenvalue weighted by atomic mass is 32.2. The van der Waals surface area contributed by atoms with Gasteiger partial charge in [0.2, 0.25) is 10.0 Å². The quantitative estimate of drug-likeness (QED) is 0.609. The lowest BCUT2D eigenvalue weighted by atomic mass is 10.1. The van der Waals surface area contributed by atoms with Crippen LogP contribution in [0.4, 0.5) is 5.82 Å². The fourth-order valence-electron chi connectivity index (χ4n) is 2.90. The summed E-state index contributed by atoms with van der Waals surface area (Å²) in [7, 11) is -3.50. The van der Waals surface area contributed by atoms with E-state index in [0.717, 1.165) is 5.56 Å². The van der Waals surface area contributed by atoms with Crippen molar-refractivity contribution in [1.29, 1.82) is 0 Å². The van der Waals surface area contributed by atoms with Crippen molar-refractivity contribution in [1.82, 2.24) is 9.29 Å². The molecule has 0 amide bonds. The highest BCUT2D eigenvalue weighted by Crippen LogP contribution is 2.29. The lowest BCUT2D eigenvalue weighted by molar-refractivity contribution is 0.445. The zero-order valence-electron chi connectivity index (χ0n) is 15.4. The van der Waals surface area contributed by atoms with Crippen molar-refractivity contribution in [2.45, 2.75) is 24.8 Å². The van der Waals surface area contributed by atoms with Gasteiger partial charge in [0.05, 0.1) is 6.04 Å². The molecule has 0 saturated heterocycles. The van der Waals surface area contributed by atoms with Crippen LogP contribution < -0.4 is 5.32 Å². The Morgan fingerprint density at radius 1 is 1.04 bits per heavy atom. The van der Waals surface area contributed by atoms with Gasteiger partial charge >= 0.3 is 0 Å². The van der Waals surface area contributed by atoms with E-state index in [1.807, 2.05) is 43.5 Å². The van der Waals surface area contributed by atoms with E-state index in [-0.39, 0.29) is 10.9 Å². The van der Waals surface area contributed by atoms with Gasteiger partial charge in [-0.15, -0.1) is 11.3 Å². The van der Waals surface area contributed by atoms with E-state index in [9.17, 15) is 8.42 Å². The van der Waals surface area contributed by atoms with Gasteiger partial charge in [0, 0.05) is 24.2 Å². The molecule has 0 unspecified atom stereocenters. The SMILES string of the molecule is CCN(CC)S(=O)(=O)c1ccc(N[C@H](c2ccccc2)c2cccs2)nc1. The monoisotopic (exact) mass is 401 g/mol. The number of thiophene rings is 1. The smallest absolute Gasteiger partial charge is 0.244 e. The van der Waals surface area contributed by atoms with Crippen molar-refractivity contribution in [3.63, 3.8) is 0 Å². The van der Waals surface area contributed by atoms with E-state index in [1.54, 1.807) is 23.5 Å². The number of nitrogens with zero attached hydrogens (tertiary/aromatic N) is 2. The summed E-state index contributed by atoms with van der Waals surface area (Å²) < 4.78 is 26.6. The molecule has 3 rings (SSSR count). The Morgan fingerprint density at radius 2 is 1.78 bits per heavy atom. The first-order valence-electron chi connectivity index (χ1n) is 8.87. The number of benzene rings is 1. The largest absolute Gasteiger partial charge is 0.358 e. The zero-order chi connectivity index (χ0) is 19.3. The predicted octanol–water partition coefficient (Wildman–Crippen LogP) is 4.38. The van der Waals surface area contributed by atoms with E-state index in [2.05, 4.69) is 28.5 Å². The highest BCUT2D eigenvalue weighted by Gasteiger charge is 2.22. The van der Waals surface area contributed by atoms with Crippen molar-refractivity contribution in [2.24, 2.45) is 0 Å². The van der Waals surface area contributed by atoms with Crippen LogP contribution in [0.15, 0.2) is 71.1 Å². The van der Waals surface area contributed by atoms with E-state index in [1.165, 1.54) is 15.4 Å². The Morgan fingerprint density at radius 3 is 2.33 bits per heavy atom. The average molecular weight is 402 g/mol. The third kappa shape index (κ3) is 4.37. The molecule has 0 aliphatic carbocycles. The van der Waals surface area contributed by atoms with E-state index >= 15 is 0 Å². The predicted molar refractivity (Wildman–Crippen MR) is 111 cm³/mol. The number of anilines is 1. The van der Waals surface area contributed by atoms with Crippen molar-refractivity contribution < 1.29 is 8.42 Å². The second-order valence-electron chi connectivity index (χ2n) is 5.97. The molecule has 0 aliphatic rings. The molecule has 1 aromatic carbocycles. The van der Waals surface area contributed by atoms with Gasteiger partial charge in [-0.1, -0.05) is 50.2 Å². The molecule has 3 aromatic rings. The second kappa shape index (κ2) is 8.65. The summed E-state index contributed by atoms with van der Waals surface area (Å²) >= 11 is 1.67. The Balaban J connectivity index is 1.86.